The highest BCUT2D eigenvalue weighted by atomic mass is 16.4. The molecule has 22 heavy (non-hydrogen) atoms. The summed E-state index contributed by atoms with van der Waals surface area (Å²) in [6, 6.07) is 3.55. The van der Waals surface area contributed by atoms with E-state index in [2.05, 4.69) is 10.4 Å². The van der Waals surface area contributed by atoms with Crippen LogP contribution in [0.25, 0.3) is 16.7 Å². The minimum Gasteiger partial charge on any atom is -0.465 e. The van der Waals surface area contributed by atoms with Crippen molar-refractivity contribution in [2.45, 2.75) is 6.92 Å². The Morgan fingerprint density at radius 3 is 2.68 bits per heavy atom. The van der Waals surface area contributed by atoms with Crippen molar-refractivity contribution in [1.82, 2.24) is 18.9 Å². The lowest BCUT2D eigenvalue weighted by Gasteiger charge is -2.03. The van der Waals surface area contributed by atoms with Crippen molar-refractivity contribution in [3.63, 3.8) is 0 Å². The average molecular weight is 301 g/mol. The zero-order valence-corrected chi connectivity index (χ0v) is 12.4. The summed E-state index contributed by atoms with van der Waals surface area (Å²) in [6.07, 6.45) is 2.00. The average Bonchev–Trinajstić information content (AvgIpc) is 2.91. The van der Waals surface area contributed by atoms with E-state index in [1.165, 1.54) is 4.57 Å². The van der Waals surface area contributed by atoms with Crippen molar-refractivity contribution in [1.29, 1.82) is 0 Å². The standard InChI is InChI=1S/C14H15N5O3/c1-8-6-11(16-18(8)3)19-5-4-10-12(13(19)20)9(7-17(10)2)15-14(21)22/h4-7,15H,1-3H3,(H,21,22). The molecular weight excluding hydrogens is 286 g/mol. The maximum Gasteiger partial charge on any atom is 0.409 e. The predicted molar refractivity (Wildman–Crippen MR) is 81.7 cm³/mol. The van der Waals surface area contributed by atoms with E-state index in [-0.39, 0.29) is 11.2 Å². The van der Waals surface area contributed by atoms with Crippen molar-refractivity contribution in [3.8, 4) is 5.82 Å². The fourth-order valence-corrected chi connectivity index (χ4v) is 2.45. The summed E-state index contributed by atoms with van der Waals surface area (Å²) in [5, 5.41) is 15.8. The Bertz CT molecular complexity index is 928. The van der Waals surface area contributed by atoms with Crippen molar-refractivity contribution < 1.29 is 9.90 Å². The molecule has 2 N–H and O–H groups in total. The molecule has 0 aromatic carbocycles. The number of aromatic nitrogens is 4. The number of aryl methyl sites for hydroxylation is 3. The number of hydrogen-bond donors (Lipinski definition) is 2. The summed E-state index contributed by atoms with van der Waals surface area (Å²) in [5.74, 6) is 0.497. The van der Waals surface area contributed by atoms with Crippen LogP contribution < -0.4 is 10.9 Å². The second-order valence-corrected chi connectivity index (χ2v) is 5.10. The van der Waals surface area contributed by atoms with Crippen molar-refractivity contribution >= 4 is 22.7 Å². The van der Waals surface area contributed by atoms with Crippen LogP contribution in [0, 0.1) is 6.92 Å². The first-order chi connectivity index (χ1) is 10.4. The van der Waals surface area contributed by atoms with Gasteiger partial charge in [0.1, 0.15) is 0 Å². The highest BCUT2D eigenvalue weighted by Gasteiger charge is 2.15. The Balaban J connectivity index is 2.28. The molecule has 114 valence electrons. The summed E-state index contributed by atoms with van der Waals surface area (Å²) in [4.78, 5) is 23.6. The van der Waals surface area contributed by atoms with E-state index in [0.717, 1.165) is 5.69 Å². The first kappa shape index (κ1) is 13.9. The number of amides is 1. The van der Waals surface area contributed by atoms with Gasteiger partial charge in [-0.3, -0.25) is 19.4 Å². The van der Waals surface area contributed by atoms with Gasteiger partial charge in [0.25, 0.3) is 5.56 Å². The summed E-state index contributed by atoms with van der Waals surface area (Å²) in [5.41, 5.74) is 1.51. The second kappa shape index (κ2) is 4.76. The van der Waals surface area contributed by atoms with E-state index >= 15 is 0 Å². The van der Waals surface area contributed by atoms with Gasteiger partial charge >= 0.3 is 6.09 Å². The van der Waals surface area contributed by atoms with Gasteiger partial charge in [0.05, 0.1) is 16.6 Å². The highest BCUT2D eigenvalue weighted by Crippen LogP contribution is 2.22. The molecule has 3 heterocycles. The first-order valence-corrected chi connectivity index (χ1v) is 6.60. The molecule has 0 aliphatic carbocycles. The molecule has 0 unspecified atom stereocenters. The third-order valence-electron chi connectivity index (χ3n) is 3.63. The molecule has 3 aromatic rings. The summed E-state index contributed by atoms with van der Waals surface area (Å²) >= 11 is 0. The molecule has 0 bridgehead atoms. The normalized spacial score (nSPS) is 11.0. The SMILES string of the molecule is Cc1cc(-n2ccc3c(c(NC(=O)O)cn3C)c2=O)nn1C. The molecule has 3 rings (SSSR count). The Morgan fingerprint density at radius 1 is 1.36 bits per heavy atom. The van der Waals surface area contributed by atoms with Gasteiger partial charge < -0.3 is 9.67 Å². The molecule has 0 atom stereocenters. The van der Waals surface area contributed by atoms with E-state index in [4.69, 9.17) is 5.11 Å². The zero-order valence-electron chi connectivity index (χ0n) is 12.4. The molecule has 3 aromatic heterocycles. The maximum absolute atomic E-state index is 12.7. The topological polar surface area (TPSA) is 94.1 Å². The van der Waals surface area contributed by atoms with E-state index < -0.39 is 6.09 Å². The molecule has 1 amide bonds. The number of hydrogen-bond acceptors (Lipinski definition) is 3. The molecule has 0 spiro atoms. The number of carbonyl (C=O) groups is 1. The van der Waals surface area contributed by atoms with Crippen LogP contribution in [0.2, 0.25) is 0 Å². The lowest BCUT2D eigenvalue weighted by atomic mass is 10.3. The molecule has 0 aliphatic rings. The molecule has 0 saturated carbocycles. The molecular formula is C14H15N5O3. The van der Waals surface area contributed by atoms with Crippen LogP contribution in [-0.4, -0.2) is 30.1 Å². The third kappa shape index (κ3) is 2.05. The molecule has 8 heteroatoms. The summed E-state index contributed by atoms with van der Waals surface area (Å²) in [6.45, 7) is 1.89. The Morgan fingerprint density at radius 2 is 2.09 bits per heavy atom. The summed E-state index contributed by atoms with van der Waals surface area (Å²) in [7, 11) is 3.55. The Kier molecular flexibility index (Phi) is 3.01. The largest absolute Gasteiger partial charge is 0.465 e. The van der Waals surface area contributed by atoms with Crippen LogP contribution in [0.1, 0.15) is 5.69 Å². The van der Waals surface area contributed by atoms with Gasteiger partial charge in [-0.25, -0.2) is 4.79 Å². The minimum atomic E-state index is -1.21. The van der Waals surface area contributed by atoms with Gasteiger partial charge in [-0.15, -0.1) is 0 Å². The zero-order chi connectivity index (χ0) is 16.0. The first-order valence-electron chi connectivity index (χ1n) is 6.60. The Labute approximate surface area is 125 Å². The van der Waals surface area contributed by atoms with Crippen LogP contribution in [0.5, 0.6) is 0 Å². The van der Waals surface area contributed by atoms with Crippen molar-refractivity contribution in [2.75, 3.05) is 5.32 Å². The molecule has 0 radical (unpaired) electrons. The fourth-order valence-electron chi connectivity index (χ4n) is 2.45. The molecule has 0 saturated heterocycles. The number of nitrogens with one attached hydrogen (secondary N) is 1. The molecule has 0 aliphatic heterocycles. The van der Waals surface area contributed by atoms with Crippen LogP contribution in [0.3, 0.4) is 0 Å². The predicted octanol–water partition coefficient (Wildman–Crippen LogP) is 1.46. The van der Waals surface area contributed by atoms with Gasteiger partial charge in [-0.1, -0.05) is 0 Å². The second-order valence-electron chi connectivity index (χ2n) is 5.10. The minimum absolute atomic E-state index is 0.261. The van der Waals surface area contributed by atoms with Crippen molar-refractivity contribution in [3.05, 3.63) is 40.6 Å². The van der Waals surface area contributed by atoms with Gasteiger partial charge in [-0.2, -0.15) is 5.10 Å². The van der Waals surface area contributed by atoms with Crippen LogP contribution in [-0.2, 0) is 14.1 Å². The number of carboxylic acid groups (broad SMARTS) is 1. The van der Waals surface area contributed by atoms with Gasteiger partial charge in [-0.05, 0) is 13.0 Å². The number of anilines is 1. The van der Waals surface area contributed by atoms with E-state index in [1.54, 1.807) is 47.9 Å². The van der Waals surface area contributed by atoms with Gasteiger partial charge in [0.15, 0.2) is 5.82 Å². The van der Waals surface area contributed by atoms with Gasteiger partial charge in [0.2, 0.25) is 0 Å². The lowest BCUT2D eigenvalue weighted by molar-refractivity contribution is 0.210. The summed E-state index contributed by atoms with van der Waals surface area (Å²) < 4.78 is 4.78. The van der Waals surface area contributed by atoms with Crippen LogP contribution >= 0.6 is 0 Å². The van der Waals surface area contributed by atoms with Crippen molar-refractivity contribution in [2.24, 2.45) is 14.1 Å². The van der Waals surface area contributed by atoms with E-state index in [1.807, 2.05) is 6.92 Å². The smallest absolute Gasteiger partial charge is 0.409 e. The molecule has 0 fully saturated rings. The van der Waals surface area contributed by atoms with E-state index in [9.17, 15) is 9.59 Å². The number of nitrogens with zero attached hydrogens (tertiary/aromatic N) is 4. The number of pyridine rings is 1. The van der Waals surface area contributed by atoms with Crippen LogP contribution in [0.15, 0.2) is 29.3 Å². The quantitative estimate of drug-likeness (QED) is 0.749. The molecule has 8 nitrogen and oxygen atoms in total. The third-order valence-corrected chi connectivity index (χ3v) is 3.63. The number of fused-ring (bicyclic) bond motifs is 1. The number of rotatable bonds is 2. The lowest BCUT2D eigenvalue weighted by Crippen LogP contribution is -2.19. The van der Waals surface area contributed by atoms with Crippen LogP contribution in [0.4, 0.5) is 10.5 Å². The van der Waals surface area contributed by atoms with Gasteiger partial charge in [0, 0.05) is 38.2 Å². The Hall–Kier alpha value is -3.03. The maximum atomic E-state index is 12.7. The fraction of sp³-hybridized carbons (Fsp3) is 0.214. The van der Waals surface area contributed by atoms with E-state index in [0.29, 0.717) is 16.7 Å². The highest BCUT2D eigenvalue weighted by molar-refractivity contribution is 5.98. The monoisotopic (exact) mass is 301 g/mol.